The summed E-state index contributed by atoms with van der Waals surface area (Å²) in [4.78, 5) is 82.6. The van der Waals surface area contributed by atoms with Crippen LogP contribution in [0.25, 0.3) is 0 Å². The first kappa shape index (κ1) is 45.2. The Morgan fingerprint density at radius 1 is 0.667 bits per heavy atom. The number of rotatable bonds is 22. The first-order valence-electron chi connectivity index (χ1n) is 16.9. The predicted octanol–water partition coefficient (Wildman–Crippen LogP) is 0.669. The second kappa shape index (κ2) is 18.8. The fourth-order valence-corrected chi connectivity index (χ4v) is 5.94. The van der Waals surface area contributed by atoms with Crippen LogP contribution in [0.15, 0.2) is 0 Å². The van der Waals surface area contributed by atoms with Gasteiger partial charge in [0.1, 0.15) is 6.04 Å². The van der Waals surface area contributed by atoms with Crippen LogP contribution in [0.1, 0.15) is 102 Å². The van der Waals surface area contributed by atoms with E-state index in [1.165, 1.54) is 13.8 Å². The lowest BCUT2D eigenvalue weighted by Gasteiger charge is -2.47. The van der Waals surface area contributed by atoms with Crippen molar-refractivity contribution in [2.75, 3.05) is 0 Å². The molecule has 1 unspecified atom stereocenters. The molecule has 0 aromatic carbocycles. The van der Waals surface area contributed by atoms with E-state index < -0.39 is 101 Å². The zero-order valence-electron chi connectivity index (χ0n) is 30.7. The minimum atomic E-state index is -3.59. The fraction of sp³-hybridized carbons (Fsp3) is 0.824. The van der Waals surface area contributed by atoms with Crippen molar-refractivity contribution in [2.45, 2.75) is 144 Å². The molecule has 14 nitrogen and oxygen atoms in total. The van der Waals surface area contributed by atoms with Crippen LogP contribution >= 0.6 is 0 Å². The Hall–Kier alpha value is -2.78. The van der Waals surface area contributed by atoms with Crippen molar-refractivity contribution in [3.05, 3.63) is 0 Å². The number of aliphatic hydroxyl groups is 2. The predicted molar refractivity (Wildman–Crippen MR) is 182 cm³/mol. The average molecular weight is 686 g/mol. The van der Waals surface area contributed by atoms with Crippen molar-refractivity contribution in [1.29, 1.82) is 0 Å². The molecule has 0 bridgehead atoms. The third-order valence-electron chi connectivity index (χ3n) is 8.47. The van der Waals surface area contributed by atoms with Crippen LogP contribution < -0.4 is 27.8 Å². The third-order valence-corrected chi connectivity index (χ3v) is 8.47. The monoisotopic (exact) mass is 685 g/mol. The topological polar surface area (TPSA) is 265 Å². The molecule has 0 aliphatic heterocycles. The van der Waals surface area contributed by atoms with Crippen LogP contribution in [0, 0.1) is 35.0 Å². The van der Waals surface area contributed by atoms with Crippen LogP contribution in [0.3, 0.4) is 0 Å². The first-order valence-corrected chi connectivity index (χ1v) is 16.9. The third kappa shape index (κ3) is 10.9. The molecular weight excluding hydrogens is 622 g/mol. The summed E-state index contributed by atoms with van der Waals surface area (Å²) in [7, 11) is 0. The second-order valence-electron chi connectivity index (χ2n) is 15.2. The van der Waals surface area contributed by atoms with Crippen molar-refractivity contribution < 1.29 is 44.1 Å². The number of carboxylic acid groups (broad SMARTS) is 1. The highest BCUT2D eigenvalue weighted by atomic mass is 16.4. The van der Waals surface area contributed by atoms with Gasteiger partial charge in [0.05, 0.1) is 18.2 Å². The lowest BCUT2D eigenvalue weighted by molar-refractivity contribution is -0.190. The van der Waals surface area contributed by atoms with Crippen molar-refractivity contribution >= 4 is 35.1 Å². The number of nitrogens with two attached hydrogens (primary N) is 3. The van der Waals surface area contributed by atoms with Gasteiger partial charge >= 0.3 is 5.97 Å². The molecule has 0 aliphatic carbocycles. The Morgan fingerprint density at radius 3 is 1.52 bits per heavy atom. The van der Waals surface area contributed by atoms with Crippen molar-refractivity contribution in [3.8, 4) is 0 Å². The number of aliphatic carboxylic acids is 1. The Bertz CT molecular complexity index is 1140. The van der Waals surface area contributed by atoms with Crippen LogP contribution in [-0.4, -0.2) is 92.4 Å². The van der Waals surface area contributed by atoms with Gasteiger partial charge in [0.15, 0.2) is 23.0 Å². The zero-order valence-corrected chi connectivity index (χ0v) is 30.7. The number of Topliss-reactive ketones (excluding diaryl/α,β-unsaturated/α-hetero) is 3. The maximum atomic E-state index is 14.7. The summed E-state index contributed by atoms with van der Waals surface area (Å²) in [5, 5.41) is 39.5. The Kier molecular flexibility index (Phi) is 17.7. The number of nitrogens with one attached hydrogen (secondary N) is 2. The molecule has 0 saturated carbocycles. The van der Waals surface area contributed by atoms with Crippen LogP contribution in [0.2, 0.25) is 0 Å². The van der Waals surface area contributed by atoms with Crippen molar-refractivity contribution in [1.82, 2.24) is 10.6 Å². The van der Waals surface area contributed by atoms with Gasteiger partial charge < -0.3 is 43.2 Å². The molecule has 0 heterocycles. The summed E-state index contributed by atoms with van der Waals surface area (Å²) < 4.78 is 0. The van der Waals surface area contributed by atoms with Gasteiger partial charge in [-0.05, 0) is 49.4 Å². The molecule has 14 heteroatoms. The Balaban J connectivity index is 7.56. The van der Waals surface area contributed by atoms with Gasteiger partial charge in [0, 0.05) is 24.9 Å². The molecule has 0 rings (SSSR count). The number of hydrogen-bond donors (Lipinski definition) is 8. The Labute approximate surface area is 285 Å². The first-order chi connectivity index (χ1) is 21.8. The zero-order chi connectivity index (χ0) is 38.1. The van der Waals surface area contributed by atoms with Gasteiger partial charge in [-0.25, -0.2) is 0 Å². The molecule has 0 radical (unpaired) electrons. The van der Waals surface area contributed by atoms with E-state index in [9.17, 15) is 44.1 Å². The normalized spacial score (nSPS) is 18.4. The number of carbonyl (C=O) groups is 6. The number of hydrogen-bond acceptors (Lipinski definition) is 11. The van der Waals surface area contributed by atoms with E-state index in [2.05, 4.69) is 10.6 Å². The molecule has 0 spiro atoms. The highest BCUT2D eigenvalue weighted by molar-refractivity contribution is 6.28. The largest absolute Gasteiger partial charge is 0.480 e. The van der Waals surface area contributed by atoms with E-state index in [1.807, 2.05) is 27.7 Å². The molecule has 0 fully saturated rings. The molecule has 0 aromatic heterocycles. The molecule has 0 aliphatic rings. The van der Waals surface area contributed by atoms with Crippen LogP contribution in [0.5, 0.6) is 0 Å². The fourth-order valence-electron chi connectivity index (χ4n) is 5.94. The SMILES string of the molecule is CC(C)CC(=O)N[C@H](C(=O)N[C@H](C(=O)[C@@](O)([C@@H](N)CC(C)C)C(C(=O)O)(C(=O)C[C@H](O)[C@@H](N)CC(C)C)C(=O)[C@H](C)N)C(C)C)C(C)C. The molecule has 0 saturated heterocycles. The van der Waals surface area contributed by atoms with Gasteiger partial charge in [-0.1, -0.05) is 69.2 Å². The summed E-state index contributed by atoms with van der Waals surface area (Å²) in [5.74, 6) is -9.51. The molecule has 8 atom stereocenters. The van der Waals surface area contributed by atoms with Gasteiger partial charge in [-0.15, -0.1) is 0 Å². The summed E-state index contributed by atoms with van der Waals surface area (Å²) in [6.45, 7) is 18.1. The second-order valence-corrected chi connectivity index (χ2v) is 15.2. The van der Waals surface area contributed by atoms with Gasteiger partial charge in [-0.3, -0.25) is 28.8 Å². The molecule has 48 heavy (non-hydrogen) atoms. The lowest BCUT2D eigenvalue weighted by Crippen LogP contribution is -2.77. The molecule has 278 valence electrons. The number of amides is 2. The van der Waals surface area contributed by atoms with Gasteiger partial charge in [-0.2, -0.15) is 0 Å². The summed E-state index contributed by atoms with van der Waals surface area (Å²) in [6.07, 6.45) is -2.54. The minimum Gasteiger partial charge on any atom is -0.480 e. The van der Waals surface area contributed by atoms with E-state index >= 15 is 0 Å². The van der Waals surface area contributed by atoms with Crippen molar-refractivity contribution in [3.63, 3.8) is 0 Å². The maximum absolute atomic E-state index is 14.7. The highest BCUT2D eigenvalue weighted by Crippen LogP contribution is 2.43. The van der Waals surface area contributed by atoms with Crippen LogP contribution in [0.4, 0.5) is 0 Å². The summed E-state index contributed by atoms with van der Waals surface area (Å²) in [5.41, 5.74) is 11.4. The quantitative estimate of drug-likeness (QED) is 0.0731. The Morgan fingerprint density at radius 2 is 1.15 bits per heavy atom. The van der Waals surface area contributed by atoms with E-state index in [1.54, 1.807) is 27.7 Å². The van der Waals surface area contributed by atoms with E-state index in [0.717, 1.165) is 6.92 Å². The number of carboxylic acids is 1. The maximum Gasteiger partial charge on any atom is 0.328 e. The standard InChI is InChI=1S/C34H63N5O9/c1-16(2)12-22(36)23(40)15-25(41)33(32(46)47,29(43)21(11)35)34(48,24(37)13-17(3)4)30(44)27(19(7)8)39-31(45)28(20(9)10)38-26(42)14-18(5)6/h16-24,27-28,40,48H,12-15,35-37H2,1-11H3,(H,38,42)(H,39,45)(H,46,47)/t21-,22-,23-,24-,27-,28-,33?,34-/m0/s1. The number of carbonyl (C=O) groups excluding carboxylic acids is 5. The number of aliphatic hydroxyl groups excluding tert-OH is 1. The molecule has 11 N–H and O–H groups in total. The smallest absolute Gasteiger partial charge is 0.328 e. The van der Waals surface area contributed by atoms with E-state index in [-0.39, 0.29) is 37.0 Å². The van der Waals surface area contributed by atoms with E-state index in [4.69, 9.17) is 17.2 Å². The molecular formula is C34H63N5O9. The van der Waals surface area contributed by atoms with Crippen LogP contribution in [-0.2, 0) is 28.8 Å². The number of ketones is 3. The average Bonchev–Trinajstić information content (AvgIpc) is 2.92. The molecule has 0 aromatic rings. The van der Waals surface area contributed by atoms with E-state index in [0.29, 0.717) is 0 Å². The summed E-state index contributed by atoms with van der Waals surface area (Å²) >= 11 is 0. The molecule has 2 amide bonds. The van der Waals surface area contributed by atoms with Gasteiger partial charge in [0.25, 0.3) is 0 Å². The highest BCUT2D eigenvalue weighted by Gasteiger charge is 2.72. The van der Waals surface area contributed by atoms with Gasteiger partial charge in [0.2, 0.25) is 17.2 Å². The summed E-state index contributed by atoms with van der Waals surface area (Å²) in [6, 6.07) is -7.35. The van der Waals surface area contributed by atoms with Crippen molar-refractivity contribution in [2.24, 2.45) is 52.2 Å². The lowest BCUT2D eigenvalue weighted by atomic mass is 9.57. The minimum absolute atomic E-state index is 0.00842.